The number of rotatable bonds is 2. The van der Waals surface area contributed by atoms with Crippen molar-refractivity contribution >= 4 is 6.09 Å². The first-order valence-corrected chi connectivity index (χ1v) is 6.75. The number of ether oxygens (including phenoxy) is 1. The van der Waals surface area contributed by atoms with Gasteiger partial charge in [-0.1, -0.05) is 12.1 Å². The number of nitrogens with zero attached hydrogens (tertiary/aromatic N) is 1. The highest BCUT2D eigenvalue weighted by atomic mass is 19.2. The summed E-state index contributed by atoms with van der Waals surface area (Å²) in [5.74, 6) is -2.78. The van der Waals surface area contributed by atoms with E-state index in [0.29, 0.717) is 0 Å². The monoisotopic (exact) mass is 301 g/mol. The Kier molecular flexibility index (Phi) is 4.16. The third-order valence-electron chi connectivity index (χ3n) is 3.25. The number of halogens is 3. The van der Waals surface area contributed by atoms with Gasteiger partial charge in [0.15, 0.2) is 11.6 Å². The van der Waals surface area contributed by atoms with Crippen molar-refractivity contribution in [2.24, 2.45) is 5.92 Å². The van der Waals surface area contributed by atoms with Crippen molar-refractivity contribution in [3.05, 3.63) is 35.4 Å². The van der Waals surface area contributed by atoms with Crippen LogP contribution in [0.25, 0.3) is 0 Å². The molecule has 21 heavy (non-hydrogen) atoms. The van der Waals surface area contributed by atoms with Gasteiger partial charge in [-0.3, -0.25) is 0 Å². The van der Waals surface area contributed by atoms with Crippen LogP contribution in [-0.2, 0) is 4.74 Å². The third kappa shape index (κ3) is 3.49. The molecule has 1 unspecified atom stereocenters. The van der Waals surface area contributed by atoms with E-state index >= 15 is 0 Å². The lowest BCUT2D eigenvalue weighted by Crippen LogP contribution is -2.53. The highest BCUT2D eigenvalue weighted by Gasteiger charge is 2.40. The van der Waals surface area contributed by atoms with Crippen molar-refractivity contribution in [2.45, 2.75) is 32.5 Å². The molecule has 6 heteroatoms. The van der Waals surface area contributed by atoms with Crippen LogP contribution in [0.5, 0.6) is 0 Å². The van der Waals surface area contributed by atoms with Crippen LogP contribution in [0, 0.1) is 17.6 Å². The first-order chi connectivity index (χ1) is 9.69. The largest absolute Gasteiger partial charge is 0.444 e. The minimum Gasteiger partial charge on any atom is -0.444 e. The second kappa shape index (κ2) is 5.58. The number of likely N-dealkylation sites (tertiary alicyclic amines) is 1. The highest BCUT2D eigenvalue weighted by Crippen LogP contribution is 2.35. The molecule has 2 rings (SSSR count). The zero-order chi connectivity index (χ0) is 15.8. The molecule has 0 aliphatic carbocycles. The van der Waals surface area contributed by atoms with Crippen molar-refractivity contribution in [1.29, 1.82) is 0 Å². The number of amides is 1. The summed E-state index contributed by atoms with van der Waals surface area (Å²) in [5.41, 5.74) is -0.921. The first kappa shape index (κ1) is 15.7. The van der Waals surface area contributed by atoms with Crippen LogP contribution in [0.15, 0.2) is 18.2 Å². The molecule has 0 N–H and O–H groups in total. The Morgan fingerprint density at radius 2 is 1.95 bits per heavy atom. The van der Waals surface area contributed by atoms with Gasteiger partial charge in [-0.25, -0.2) is 18.0 Å². The van der Waals surface area contributed by atoms with Gasteiger partial charge in [-0.2, -0.15) is 0 Å². The number of carbonyl (C=O) groups excluding carboxylic acids is 1. The molecule has 3 nitrogen and oxygen atoms in total. The summed E-state index contributed by atoms with van der Waals surface area (Å²) in [7, 11) is 0. The molecule has 1 fully saturated rings. The summed E-state index contributed by atoms with van der Waals surface area (Å²) < 4.78 is 46.0. The molecular formula is C15H18F3NO2. The molecule has 0 bridgehead atoms. The van der Waals surface area contributed by atoms with E-state index in [-0.39, 0.29) is 18.7 Å². The summed E-state index contributed by atoms with van der Waals surface area (Å²) in [4.78, 5) is 13.1. The lowest BCUT2D eigenvalue weighted by atomic mass is 9.90. The van der Waals surface area contributed by atoms with Gasteiger partial charge >= 0.3 is 6.09 Å². The van der Waals surface area contributed by atoms with Crippen LogP contribution in [0.3, 0.4) is 0 Å². The minimum atomic E-state index is -1.64. The maximum atomic E-state index is 14.2. The maximum Gasteiger partial charge on any atom is 0.410 e. The average Bonchev–Trinajstić information content (AvgIpc) is 2.28. The molecule has 1 aliphatic heterocycles. The van der Waals surface area contributed by atoms with Crippen molar-refractivity contribution < 1.29 is 22.7 Å². The zero-order valence-electron chi connectivity index (χ0n) is 12.2. The first-order valence-electron chi connectivity index (χ1n) is 6.75. The van der Waals surface area contributed by atoms with Crippen LogP contribution in [0.2, 0.25) is 0 Å². The van der Waals surface area contributed by atoms with Crippen LogP contribution in [0.1, 0.15) is 32.5 Å². The molecule has 1 aromatic rings. The molecule has 0 aromatic heterocycles. The zero-order valence-corrected chi connectivity index (χ0v) is 12.2. The highest BCUT2D eigenvalue weighted by molar-refractivity contribution is 5.69. The van der Waals surface area contributed by atoms with Gasteiger partial charge in [-0.05, 0) is 26.8 Å². The molecule has 0 spiro atoms. The Hall–Kier alpha value is -1.72. The summed E-state index contributed by atoms with van der Waals surface area (Å²) in [6, 6.07) is 3.43. The van der Waals surface area contributed by atoms with Crippen molar-refractivity contribution in [2.75, 3.05) is 13.1 Å². The lowest BCUT2D eigenvalue weighted by molar-refractivity contribution is -0.0158. The Morgan fingerprint density at radius 1 is 1.33 bits per heavy atom. The molecule has 0 radical (unpaired) electrons. The molecular weight excluding hydrogens is 283 g/mol. The minimum absolute atomic E-state index is 0.131. The lowest BCUT2D eigenvalue weighted by Gasteiger charge is -2.41. The Balaban J connectivity index is 1.95. The fourth-order valence-corrected chi connectivity index (χ4v) is 2.16. The second-order valence-electron chi connectivity index (χ2n) is 6.19. The third-order valence-corrected chi connectivity index (χ3v) is 3.25. The number of hydrogen-bond donors (Lipinski definition) is 0. The number of benzene rings is 1. The van der Waals surface area contributed by atoms with Gasteiger partial charge in [-0.15, -0.1) is 0 Å². The summed E-state index contributed by atoms with van der Waals surface area (Å²) in [6.45, 7) is 5.48. The maximum absolute atomic E-state index is 14.2. The molecule has 1 saturated heterocycles. The van der Waals surface area contributed by atoms with E-state index in [2.05, 4.69) is 0 Å². The fraction of sp³-hybridized carbons (Fsp3) is 0.533. The smallest absolute Gasteiger partial charge is 0.410 e. The molecule has 1 aromatic carbocycles. The number of carbonyl (C=O) groups is 1. The average molecular weight is 301 g/mol. The van der Waals surface area contributed by atoms with E-state index < -0.39 is 35.4 Å². The number of alkyl halides is 1. The molecule has 1 atom stereocenters. The van der Waals surface area contributed by atoms with Crippen LogP contribution >= 0.6 is 0 Å². The molecule has 1 amide bonds. The van der Waals surface area contributed by atoms with E-state index in [9.17, 15) is 18.0 Å². The summed E-state index contributed by atoms with van der Waals surface area (Å²) in [5, 5.41) is 0. The van der Waals surface area contributed by atoms with E-state index in [4.69, 9.17) is 4.74 Å². The van der Waals surface area contributed by atoms with Crippen LogP contribution < -0.4 is 0 Å². The Labute approximate surface area is 121 Å². The van der Waals surface area contributed by atoms with Crippen molar-refractivity contribution in [3.63, 3.8) is 0 Å². The van der Waals surface area contributed by atoms with Gasteiger partial charge in [0, 0.05) is 24.6 Å². The summed E-state index contributed by atoms with van der Waals surface area (Å²) in [6.07, 6.45) is -2.16. The Bertz CT molecular complexity index is 536. The van der Waals surface area contributed by atoms with Gasteiger partial charge in [0.05, 0.1) is 0 Å². The predicted molar refractivity (Wildman–Crippen MR) is 71.5 cm³/mol. The Morgan fingerprint density at radius 3 is 2.52 bits per heavy atom. The normalized spacial score (nSPS) is 17.3. The van der Waals surface area contributed by atoms with Crippen LogP contribution in [0.4, 0.5) is 18.0 Å². The molecule has 116 valence electrons. The fourth-order valence-electron chi connectivity index (χ4n) is 2.16. The topological polar surface area (TPSA) is 29.5 Å². The van der Waals surface area contributed by atoms with Gasteiger partial charge in [0.2, 0.25) is 0 Å². The van der Waals surface area contributed by atoms with E-state index in [1.165, 1.54) is 17.0 Å². The van der Waals surface area contributed by atoms with Gasteiger partial charge in [0.1, 0.15) is 11.8 Å². The predicted octanol–water partition coefficient (Wildman–Crippen LogP) is 3.84. The van der Waals surface area contributed by atoms with Crippen molar-refractivity contribution in [1.82, 2.24) is 4.90 Å². The van der Waals surface area contributed by atoms with Gasteiger partial charge < -0.3 is 9.64 Å². The molecule has 0 saturated carbocycles. The van der Waals surface area contributed by atoms with Crippen LogP contribution in [-0.4, -0.2) is 29.7 Å². The SMILES string of the molecule is CC(C)(C)OC(=O)N1CC(C(F)c2cccc(F)c2F)C1. The standard InChI is InChI=1S/C15H18F3NO2/c1-15(2,3)21-14(20)19-7-9(8-19)12(17)10-5-4-6-11(16)13(10)18/h4-6,9,12H,7-8H2,1-3H3. The quantitative estimate of drug-likeness (QED) is 0.830. The summed E-state index contributed by atoms with van der Waals surface area (Å²) >= 11 is 0. The van der Waals surface area contributed by atoms with E-state index in [1.807, 2.05) is 0 Å². The van der Waals surface area contributed by atoms with Crippen molar-refractivity contribution in [3.8, 4) is 0 Å². The second-order valence-corrected chi connectivity index (χ2v) is 6.19. The van der Waals surface area contributed by atoms with E-state index in [1.54, 1.807) is 20.8 Å². The van der Waals surface area contributed by atoms with Gasteiger partial charge in [0.25, 0.3) is 0 Å². The molecule has 1 aliphatic rings. The number of hydrogen-bond acceptors (Lipinski definition) is 2. The van der Waals surface area contributed by atoms with E-state index in [0.717, 1.165) is 6.07 Å². The molecule has 1 heterocycles.